The third-order valence-corrected chi connectivity index (χ3v) is 6.17. The predicted molar refractivity (Wildman–Crippen MR) is 107 cm³/mol. The van der Waals surface area contributed by atoms with Crippen LogP contribution < -0.4 is 15.5 Å². The molecule has 2 atom stereocenters. The van der Waals surface area contributed by atoms with Crippen LogP contribution >= 0.6 is 11.3 Å². The van der Waals surface area contributed by atoms with Gasteiger partial charge in [0.1, 0.15) is 11.6 Å². The maximum atomic E-state index is 4.70. The Kier molecular flexibility index (Phi) is 3.53. The van der Waals surface area contributed by atoms with E-state index in [2.05, 4.69) is 35.6 Å². The van der Waals surface area contributed by atoms with E-state index < -0.39 is 0 Å². The van der Waals surface area contributed by atoms with Gasteiger partial charge in [0.25, 0.3) is 0 Å². The zero-order valence-corrected chi connectivity index (χ0v) is 15.7. The molecule has 2 aliphatic rings. The number of hydrogen-bond donors (Lipinski definition) is 2. The molecule has 28 heavy (non-hydrogen) atoms. The Morgan fingerprint density at radius 1 is 1.18 bits per heavy atom. The molecule has 0 aromatic carbocycles. The fourth-order valence-electron chi connectivity index (χ4n) is 3.86. The van der Waals surface area contributed by atoms with Crippen molar-refractivity contribution in [2.45, 2.75) is 18.5 Å². The molecule has 2 fully saturated rings. The monoisotopic (exact) mass is 391 g/mol. The first-order chi connectivity index (χ1) is 13.8. The van der Waals surface area contributed by atoms with Crippen LogP contribution in [0.4, 0.5) is 17.6 Å². The molecule has 4 aromatic rings. The van der Waals surface area contributed by atoms with Crippen LogP contribution in [-0.2, 0) is 0 Å². The molecule has 140 valence electrons. The summed E-state index contributed by atoms with van der Waals surface area (Å²) in [5.41, 5.74) is 0.880. The summed E-state index contributed by atoms with van der Waals surface area (Å²) in [6.45, 7) is 1.97. The summed E-state index contributed by atoms with van der Waals surface area (Å²) in [5.74, 6) is 2.21. The normalized spacial score (nSPS) is 20.9. The van der Waals surface area contributed by atoms with Gasteiger partial charge in [-0.05, 0) is 18.6 Å². The standard InChI is InChI=1S/C18H17N9S/c1-3-22-27(5-1)18-23-13-7-16(21-9-14(13)28-18)24-15-2-4-19-17(25-15)26-10-11-6-12(26)8-20-11/h1-5,7,9,11-12,20H,6,8,10H2,(H,19,21,24,25)/t11-,12-/m0/s1. The molecule has 0 spiro atoms. The fourth-order valence-corrected chi connectivity index (χ4v) is 4.72. The van der Waals surface area contributed by atoms with Crippen molar-refractivity contribution in [3.8, 4) is 5.13 Å². The Labute approximate surface area is 164 Å². The maximum absolute atomic E-state index is 4.70. The lowest BCUT2D eigenvalue weighted by Gasteiger charge is -2.27. The molecule has 2 bridgehead atoms. The second-order valence-corrected chi connectivity index (χ2v) is 8.01. The minimum atomic E-state index is 0.491. The lowest BCUT2D eigenvalue weighted by molar-refractivity contribution is 0.572. The summed E-state index contributed by atoms with van der Waals surface area (Å²) in [7, 11) is 0. The molecule has 0 unspecified atom stereocenters. The maximum Gasteiger partial charge on any atom is 0.227 e. The van der Waals surface area contributed by atoms with Crippen LogP contribution in [0.25, 0.3) is 15.3 Å². The average molecular weight is 391 g/mol. The van der Waals surface area contributed by atoms with Gasteiger partial charge in [-0.3, -0.25) is 0 Å². The number of anilines is 3. The topological polar surface area (TPSA) is 96.7 Å². The summed E-state index contributed by atoms with van der Waals surface area (Å²) < 4.78 is 2.77. The molecule has 0 aliphatic carbocycles. The van der Waals surface area contributed by atoms with Crippen LogP contribution in [0.5, 0.6) is 0 Å². The first kappa shape index (κ1) is 15.9. The second kappa shape index (κ2) is 6.21. The summed E-state index contributed by atoms with van der Waals surface area (Å²) in [6.07, 6.45) is 8.41. The number of rotatable bonds is 4. The number of nitrogens with zero attached hydrogens (tertiary/aromatic N) is 7. The molecule has 0 amide bonds. The molecule has 9 nitrogen and oxygen atoms in total. The van der Waals surface area contributed by atoms with Gasteiger partial charge in [0, 0.05) is 56.0 Å². The van der Waals surface area contributed by atoms with Crippen molar-refractivity contribution in [2.24, 2.45) is 0 Å². The van der Waals surface area contributed by atoms with Crippen molar-refractivity contribution in [3.05, 3.63) is 43.0 Å². The van der Waals surface area contributed by atoms with Crippen LogP contribution in [0.3, 0.4) is 0 Å². The van der Waals surface area contributed by atoms with Gasteiger partial charge in [-0.2, -0.15) is 10.1 Å². The van der Waals surface area contributed by atoms with E-state index in [0.717, 1.165) is 40.2 Å². The van der Waals surface area contributed by atoms with Gasteiger partial charge in [-0.1, -0.05) is 11.3 Å². The van der Waals surface area contributed by atoms with Gasteiger partial charge in [0.05, 0.1) is 10.2 Å². The number of hydrogen-bond acceptors (Lipinski definition) is 9. The summed E-state index contributed by atoms with van der Waals surface area (Å²) >= 11 is 1.56. The highest BCUT2D eigenvalue weighted by atomic mass is 32.1. The average Bonchev–Trinajstić information content (AvgIpc) is 3.51. The molecule has 2 saturated heterocycles. The van der Waals surface area contributed by atoms with Gasteiger partial charge >= 0.3 is 0 Å². The van der Waals surface area contributed by atoms with Gasteiger partial charge in [-0.25, -0.2) is 19.6 Å². The van der Waals surface area contributed by atoms with E-state index in [4.69, 9.17) is 4.98 Å². The molecule has 0 saturated carbocycles. The van der Waals surface area contributed by atoms with Gasteiger partial charge in [0.2, 0.25) is 11.1 Å². The Hall–Kier alpha value is -3.11. The van der Waals surface area contributed by atoms with Crippen molar-refractivity contribution in [3.63, 3.8) is 0 Å². The van der Waals surface area contributed by atoms with Crippen LogP contribution in [0.2, 0.25) is 0 Å². The SMILES string of the molecule is c1cnn(-c2nc3cc(Nc4ccnc(N5C[C@@H]6C[C@H]5CN6)n4)ncc3s2)c1. The Balaban J connectivity index is 1.26. The third-order valence-electron chi connectivity index (χ3n) is 5.18. The summed E-state index contributed by atoms with van der Waals surface area (Å²) in [5, 5.41) is 11.8. The Bertz CT molecular complexity index is 1140. The minimum absolute atomic E-state index is 0.491. The molecular weight excluding hydrogens is 374 g/mol. The van der Waals surface area contributed by atoms with Gasteiger partial charge < -0.3 is 15.5 Å². The highest BCUT2D eigenvalue weighted by Gasteiger charge is 2.38. The molecule has 6 heterocycles. The molecule has 10 heteroatoms. The van der Waals surface area contributed by atoms with Crippen molar-refractivity contribution in [1.29, 1.82) is 0 Å². The van der Waals surface area contributed by atoms with E-state index >= 15 is 0 Å². The number of nitrogens with one attached hydrogen (secondary N) is 2. The number of fused-ring (bicyclic) bond motifs is 3. The fraction of sp³-hybridized carbons (Fsp3) is 0.278. The zero-order valence-electron chi connectivity index (χ0n) is 14.9. The highest BCUT2D eigenvalue weighted by molar-refractivity contribution is 7.20. The van der Waals surface area contributed by atoms with E-state index in [-0.39, 0.29) is 0 Å². The summed E-state index contributed by atoms with van der Waals surface area (Å²) in [4.78, 5) is 20.6. The van der Waals surface area contributed by atoms with Crippen LogP contribution in [0.1, 0.15) is 6.42 Å². The van der Waals surface area contributed by atoms with Crippen LogP contribution in [0, 0.1) is 0 Å². The molecule has 2 aliphatic heterocycles. The van der Waals surface area contributed by atoms with E-state index in [9.17, 15) is 0 Å². The van der Waals surface area contributed by atoms with Crippen LogP contribution in [-0.4, -0.2) is 54.9 Å². The second-order valence-electron chi connectivity index (χ2n) is 7.00. The Morgan fingerprint density at radius 3 is 3.00 bits per heavy atom. The lowest BCUT2D eigenvalue weighted by Crippen LogP contribution is -2.44. The largest absolute Gasteiger partial charge is 0.335 e. The van der Waals surface area contributed by atoms with Gasteiger partial charge in [-0.15, -0.1) is 0 Å². The zero-order chi connectivity index (χ0) is 18.5. The number of pyridine rings is 1. The van der Waals surface area contributed by atoms with E-state index in [1.54, 1.807) is 28.4 Å². The molecule has 6 rings (SSSR count). The first-order valence-electron chi connectivity index (χ1n) is 9.18. The highest BCUT2D eigenvalue weighted by Crippen LogP contribution is 2.29. The third kappa shape index (κ3) is 2.69. The molecule has 4 aromatic heterocycles. The number of aromatic nitrogens is 6. The minimum Gasteiger partial charge on any atom is -0.335 e. The smallest absolute Gasteiger partial charge is 0.227 e. The first-order valence-corrected chi connectivity index (χ1v) is 10.0. The lowest BCUT2D eigenvalue weighted by atomic mass is 10.2. The molecule has 2 N–H and O–H groups in total. The van der Waals surface area contributed by atoms with Crippen molar-refractivity contribution >= 4 is 39.1 Å². The number of piperazine rings is 1. The van der Waals surface area contributed by atoms with E-state index in [0.29, 0.717) is 17.9 Å². The van der Waals surface area contributed by atoms with E-state index in [1.165, 1.54) is 6.42 Å². The van der Waals surface area contributed by atoms with E-state index in [1.807, 2.05) is 30.6 Å². The molecule has 0 radical (unpaired) electrons. The van der Waals surface area contributed by atoms with Crippen LogP contribution in [0.15, 0.2) is 43.0 Å². The van der Waals surface area contributed by atoms with Crippen molar-refractivity contribution in [1.82, 2.24) is 35.0 Å². The molecular formula is C18H17N9S. The van der Waals surface area contributed by atoms with Gasteiger partial charge in [0.15, 0.2) is 0 Å². The quantitative estimate of drug-likeness (QED) is 0.545. The van der Waals surface area contributed by atoms with Crippen molar-refractivity contribution < 1.29 is 0 Å². The summed E-state index contributed by atoms with van der Waals surface area (Å²) in [6, 6.07) is 6.72. The Morgan fingerprint density at radius 2 is 2.18 bits per heavy atom. The predicted octanol–water partition coefficient (Wildman–Crippen LogP) is 1.96. The van der Waals surface area contributed by atoms with Crippen molar-refractivity contribution in [2.75, 3.05) is 23.3 Å². The number of thiazole rings is 1.